The Hall–Kier alpha value is -1.56. The number of carbonyl (C=O) groups is 1. The average molecular weight is 334 g/mol. The molecule has 0 radical (unpaired) electrons. The summed E-state index contributed by atoms with van der Waals surface area (Å²) in [5, 5.41) is 4.33. The maximum Gasteiger partial charge on any atom is 0.410 e. The summed E-state index contributed by atoms with van der Waals surface area (Å²) >= 11 is 0. The van der Waals surface area contributed by atoms with Gasteiger partial charge in [0, 0.05) is 44.0 Å². The zero-order chi connectivity index (χ0) is 17.3. The largest absolute Gasteiger partial charge is 0.444 e. The molecule has 1 amide bonds. The lowest BCUT2D eigenvalue weighted by atomic mass is 10.0. The van der Waals surface area contributed by atoms with Gasteiger partial charge in [-0.1, -0.05) is 0 Å². The Bertz CT molecular complexity index is 570. The van der Waals surface area contributed by atoms with Crippen LogP contribution in [0.25, 0.3) is 0 Å². The minimum absolute atomic E-state index is 0.175. The van der Waals surface area contributed by atoms with Crippen LogP contribution in [0.15, 0.2) is 12.4 Å². The van der Waals surface area contributed by atoms with Crippen molar-refractivity contribution in [3.63, 3.8) is 0 Å². The number of nitrogens with zero attached hydrogens (tertiary/aromatic N) is 4. The summed E-state index contributed by atoms with van der Waals surface area (Å²) in [6.07, 6.45) is 8.46. The van der Waals surface area contributed by atoms with Gasteiger partial charge < -0.3 is 9.64 Å². The van der Waals surface area contributed by atoms with Gasteiger partial charge in [0.05, 0.1) is 6.20 Å². The zero-order valence-electron chi connectivity index (χ0n) is 15.4. The number of rotatable bonds is 2. The third kappa shape index (κ3) is 3.91. The average Bonchev–Trinajstić information content (AvgIpc) is 3.14. The van der Waals surface area contributed by atoms with E-state index in [4.69, 9.17) is 4.74 Å². The Kier molecular flexibility index (Phi) is 4.85. The van der Waals surface area contributed by atoms with Gasteiger partial charge in [-0.3, -0.25) is 9.58 Å². The summed E-state index contributed by atoms with van der Waals surface area (Å²) in [6, 6.07) is 1.04. The van der Waals surface area contributed by atoms with Crippen LogP contribution in [0.1, 0.15) is 58.1 Å². The van der Waals surface area contributed by atoms with Crippen LogP contribution in [-0.2, 0) is 11.8 Å². The summed E-state index contributed by atoms with van der Waals surface area (Å²) in [6.45, 7) is 8.48. The van der Waals surface area contributed by atoms with Crippen molar-refractivity contribution in [3.05, 3.63) is 18.0 Å². The van der Waals surface area contributed by atoms with E-state index in [0.717, 1.165) is 32.5 Å². The summed E-state index contributed by atoms with van der Waals surface area (Å²) < 4.78 is 7.38. The van der Waals surface area contributed by atoms with Crippen molar-refractivity contribution in [2.75, 3.05) is 19.6 Å². The number of hydrogen-bond acceptors (Lipinski definition) is 4. The lowest BCUT2D eigenvalue weighted by Crippen LogP contribution is -2.47. The minimum atomic E-state index is -0.422. The second-order valence-corrected chi connectivity index (χ2v) is 8.04. The minimum Gasteiger partial charge on any atom is -0.444 e. The highest BCUT2D eigenvalue weighted by Crippen LogP contribution is 2.36. The molecule has 24 heavy (non-hydrogen) atoms. The summed E-state index contributed by atoms with van der Waals surface area (Å²) in [4.78, 5) is 16.7. The number of piperidine rings is 1. The monoisotopic (exact) mass is 334 g/mol. The molecule has 1 aromatic rings. The first-order chi connectivity index (χ1) is 11.3. The third-order valence-corrected chi connectivity index (χ3v) is 4.99. The van der Waals surface area contributed by atoms with E-state index in [-0.39, 0.29) is 6.09 Å². The van der Waals surface area contributed by atoms with Gasteiger partial charge in [-0.2, -0.15) is 5.10 Å². The molecule has 1 atom stereocenters. The lowest BCUT2D eigenvalue weighted by molar-refractivity contribution is 0.0134. The van der Waals surface area contributed by atoms with Crippen LogP contribution in [0.2, 0.25) is 0 Å². The first-order valence-corrected chi connectivity index (χ1v) is 9.06. The van der Waals surface area contributed by atoms with E-state index in [1.807, 2.05) is 43.6 Å². The standard InChI is InChI=1S/C18H30N4O2/c1-18(2,3)24-17(23)21-10-7-15(8-11-21)22-9-5-6-16(22)14-12-19-20(4)13-14/h12-13,15-16H,5-11H2,1-4H3. The van der Waals surface area contributed by atoms with Crippen molar-refractivity contribution in [3.8, 4) is 0 Å². The van der Waals surface area contributed by atoms with Gasteiger partial charge >= 0.3 is 6.09 Å². The van der Waals surface area contributed by atoms with E-state index in [0.29, 0.717) is 12.1 Å². The van der Waals surface area contributed by atoms with Gasteiger partial charge in [0.1, 0.15) is 5.60 Å². The molecular weight excluding hydrogens is 304 g/mol. The van der Waals surface area contributed by atoms with Gasteiger partial charge in [0.2, 0.25) is 0 Å². The van der Waals surface area contributed by atoms with Crippen molar-refractivity contribution >= 4 is 6.09 Å². The van der Waals surface area contributed by atoms with E-state index >= 15 is 0 Å². The maximum absolute atomic E-state index is 12.2. The highest BCUT2D eigenvalue weighted by atomic mass is 16.6. The Morgan fingerprint density at radius 3 is 2.50 bits per heavy atom. The smallest absolute Gasteiger partial charge is 0.410 e. The molecule has 6 heteroatoms. The van der Waals surface area contributed by atoms with Crippen molar-refractivity contribution in [2.45, 2.75) is 64.1 Å². The van der Waals surface area contributed by atoms with Crippen molar-refractivity contribution in [1.82, 2.24) is 19.6 Å². The fraction of sp³-hybridized carbons (Fsp3) is 0.778. The van der Waals surface area contributed by atoms with E-state index in [9.17, 15) is 4.79 Å². The molecule has 0 saturated carbocycles. The normalized spacial score (nSPS) is 23.7. The van der Waals surface area contributed by atoms with Crippen LogP contribution in [0, 0.1) is 0 Å². The Labute approximate surface area is 144 Å². The zero-order valence-corrected chi connectivity index (χ0v) is 15.4. The molecule has 2 aliphatic heterocycles. The van der Waals surface area contributed by atoms with Crippen molar-refractivity contribution < 1.29 is 9.53 Å². The SMILES string of the molecule is Cn1cc(C2CCCN2C2CCN(C(=O)OC(C)(C)C)CC2)cn1. The molecule has 0 aliphatic carbocycles. The lowest BCUT2D eigenvalue weighted by Gasteiger charge is -2.39. The van der Waals surface area contributed by atoms with Gasteiger partial charge in [-0.05, 0) is 53.0 Å². The topological polar surface area (TPSA) is 50.6 Å². The summed E-state index contributed by atoms with van der Waals surface area (Å²) in [5.41, 5.74) is 0.901. The van der Waals surface area contributed by atoms with Gasteiger partial charge in [0.15, 0.2) is 0 Å². The molecule has 3 heterocycles. The van der Waals surface area contributed by atoms with Crippen LogP contribution in [0.5, 0.6) is 0 Å². The number of aromatic nitrogens is 2. The van der Waals surface area contributed by atoms with Gasteiger partial charge in [-0.25, -0.2) is 4.79 Å². The van der Waals surface area contributed by atoms with Crippen molar-refractivity contribution in [1.29, 1.82) is 0 Å². The summed E-state index contributed by atoms with van der Waals surface area (Å²) in [5.74, 6) is 0. The second kappa shape index (κ2) is 6.75. The van der Waals surface area contributed by atoms with E-state index in [1.54, 1.807) is 0 Å². The molecule has 0 aromatic carbocycles. The highest BCUT2D eigenvalue weighted by molar-refractivity contribution is 5.68. The second-order valence-electron chi connectivity index (χ2n) is 8.04. The molecule has 2 fully saturated rings. The number of likely N-dealkylation sites (tertiary alicyclic amines) is 2. The van der Waals surface area contributed by atoms with Gasteiger partial charge in [-0.15, -0.1) is 0 Å². The molecule has 1 unspecified atom stereocenters. The quantitative estimate of drug-likeness (QED) is 0.834. The van der Waals surface area contributed by atoms with Crippen LogP contribution < -0.4 is 0 Å². The number of hydrogen-bond donors (Lipinski definition) is 0. The molecule has 3 rings (SSSR count). The van der Waals surface area contributed by atoms with E-state index in [1.165, 1.54) is 18.4 Å². The molecular formula is C18H30N4O2. The van der Waals surface area contributed by atoms with Crippen LogP contribution in [0.3, 0.4) is 0 Å². The molecule has 2 aliphatic rings. The number of aryl methyl sites for hydroxylation is 1. The molecule has 0 N–H and O–H groups in total. The van der Waals surface area contributed by atoms with Crippen LogP contribution in [0.4, 0.5) is 4.79 Å². The predicted molar refractivity (Wildman–Crippen MR) is 92.7 cm³/mol. The predicted octanol–water partition coefficient (Wildman–Crippen LogP) is 2.96. The highest BCUT2D eigenvalue weighted by Gasteiger charge is 2.35. The van der Waals surface area contributed by atoms with E-state index < -0.39 is 5.60 Å². The Morgan fingerprint density at radius 2 is 1.92 bits per heavy atom. The first kappa shape index (κ1) is 17.3. The fourth-order valence-electron chi connectivity index (χ4n) is 3.90. The van der Waals surface area contributed by atoms with Gasteiger partial charge in [0.25, 0.3) is 0 Å². The molecule has 134 valence electrons. The van der Waals surface area contributed by atoms with E-state index in [2.05, 4.69) is 16.2 Å². The molecule has 1 aromatic heterocycles. The van der Waals surface area contributed by atoms with Crippen LogP contribution >= 0.6 is 0 Å². The Morgan fingerprint density at radius 1 is 1.21 bits per heavy atom. The number of carbonyl (C=O) groups excluding carboxylic acids is 1. The first-order valence-electron chi connectivity index (χ1n) is 9.06. The summed E-state index contributed by atoms with van der Waals surface area (Å²) in [7, 11) is 1.97. The number of amides is 1. The molecule has 6 nitrogen and oxygen atoms in total. The molecule has 0 bridgehead atoms. The fourth-order valence-corrected chi connectivity index (χ4v) is 3.90. The third-order valence-electron chi connectivity index (χ3n) is 4.99. The molecule has 0 spiro atoms. The van der Waals surface area contributed by atoms with Crippen LogP contribution in [-0.4, -0.2) is 57.0 Å². The maximum atomic E-state index is 12.2. The van der Waals surface area contributed by atoms with Crippen molar-refractivity contribution in [2.24, 2.45) is 7.05 Å². The molecule has 2 saturated heterocycles. The number of ether oxygens (including phenoxy) is 1. The Balaban J connectivity index is 1.57.